The molecule has 0 radical (unpaired) electrons. The van der Waals surface area contributed by atoms with E-state index in [1.54, 1.807) is 30.2 Å². The Balaban J connectivity index is 1.57. The fourth-order valence-corrected chi connectivity index (χ4v) is 3.42. The lowest BCUT2D eigenvalue weighted by Crippen LogP contribution is -2.19. The molecule has 0 saturated heterocycles. The van der Waals surface area contributed by atoms with E-state index in [4.69, 9.17) is 4.74 Å². The van der Waals surface area contributed by atoms with Crippen molar-refractivity contribution < 1.29 is 13.9 Å². The summed E-state index contributed by atoms with van der Waals surface area (Å²) in [6.07, 6.45) is 5.66. The first-order valence-corrected chi connectivity index (χ1v) is 9.66. The Morgan fingerprint density at radius 3 is 2.90 bits per heavy atom. The van der Waals surface area contributed by atoms with E-state index < -0.39 is 5.67 Å². The number of ether oxygens (including phenoxy) is 1. The topological polar surface area (TPSA) is 81.9 Å². The van der Waals surface area contributed by atoms with Gasteiger partial charge in [-0.1, -0.05) is 6.92 Å². The minimum absolute atomic E-state index is 0.0384. The molecule has 0 spiro atoms. The predicted molar refractivity (Wildman–Crippen MR) is 107 cm³/mol. The number of pyridine rings is 2. The summed E-state index contributed by atoms with van der Waals surface area (Å²) in [5.74, 6) is 0.247. The van der Waals surface area contributed by atoms with Crippen LogP contribution in [0.5, 0.6) is 5.88 Å². The summed E-state index contributed by atoms with van der Waals surface area (Å²) in [7, 11) is 1.57. The number of carbonyl (C=O) groups is 1. The third kappa shape index (κ3) is 3.54. The lowest BCUT2D eigenvalue weighted by Gasteiger charge is -2.15. The number of nitrogens with one attached hydrogen (secondary N) is 1. The van der Waals surface area contributed by atoms with Crippen LogP contribution in [0, 0.1) is 12.8 Å². The zero-order valence-corrected chi connectivity index (χ0v) is 16.9. The Bertz CT molecular complexity index is 1080. The van der Waals surface area contributed by atoms with Crippen molar-refractivity contribution in [2.45, 2.75) is 38.9 Å². The Morgan fingerprint density at radius 2 is 2.24 bits per heavy atom. The molecule has 3 atom stereocenters. The van der Waals surface area contributed by atoms with Crippen molar-refractivity contribution in [3.63, 3.8) is 0 Å². The van der Waals surface area contributed by atoms with Crippen LogP contribution in [0.25, 0.3) is 10.9 Å². The number of aromatic nitrogens is 4. The van der Waals surface area contributed by atoms with Gasteiger partial charge in [0, 0.05) is 31.2 Å². The summed E-state index contributed by atoms with van der Waals surface area (Å²) >= 11 is 0. The smallest absolute Gasteiger partial charge is 0.270 e. The van der Waals surface area contributed by atoms with Crippen LogP contribution in [0.3, 0.4) is 0 Å². The second-order valence-corrected chi connectivity index (χ2v) is 7.78. The van der Waals surface area contributed by atoms with Crippen LogP contribution in [0.15, 0.2) is 30.7 Å². The van der Waals surface area contributed by atoms with Crippen molar-refractivity contribution in [3.8, 4) is 5.88 Å². The van der Waals surface area contributed by atoms with Gasteiger partial charge in [-0.25, -0.2) is 9.37 Å². The number of hydrogen-bond acceptors (Lipinski definition) is 5. The normalized spacial score (nSPS) is 21.8. The number of aryl methyl sites for hydroxylation is 1. The van der Waals surface area contributed by atoms with Crippen LogP contribution >= 0.6 is 0 Å². The number of nitrogens with zero attached hydrogens (tertiary/aromatic N) is 4. The lowest BCUT2D eigenvalue weighted by atomic mass is 10.1. The number of fused-ring (bicyclic) bond motifs is 1. The molecule has 3 heterocycles. The van der Waals surface area contributed by atoms with Gasteiger partial charge in [-0.2, -0.15) is 5.10 Å². The largest absolute Gasteiger partial charge is 0.474 e. The van der Waals surface area contributed by atoms with Crippen LogP contribution in [0.4, 0.5) is 4.39 Å². The average molecular weight is 397 g/mol. The molecule has 3 aromatic rings. The maximum Gasteiger partial charge on any atom is 0.270 e. The second-order valence-electron chi connectivity index (χ2n) is 7.78. The number of carbonyl (C=O) groups excluding carboxylic acids is 1. The fourth-order valence-electron chi connectivity index (χ4n) is 3.42. The van der Waals surface area contributed by atoms with Gasteiger partial charge in [-0.05, 0) is 43.9 Å². The van der Waals surface area contributed by atoms with E-state index in [1.807, 2.05) is 33.0 Å². The molecule has 0 aromatic carbocycles. The highest BCUT2D eigenvalue weighted by Gasteiger charge is 2.53. The van der Waals surface area contributed by atoms with E-state index in [0.29, 0.717) is 28.9 Å². The molecule has 1 saturated carbocycles. The van der Waals surface area contributed by atoms with Gasteiger partial charge >= 0.3 is 0 Å². The van der Waals surface area contributed by atoms with Gasteiger partial charge in [0.05, 0.1) is 16.9 Å². The molecule has 4 rings (SSSR count). The minimum atomic E-state index is -1.22. The van der Waals surface area contributed by atoms with Crippen LogP contribution < -0.4 is 10.1 Å². The first kappa shape index (κ1) is 19.3. The predicted octanol–water partition coefficient (Wildman–Crippen LogP) is 3.23. The molecule has 0 bridgehead atoms. The highest BCUT2D eigenvalue weighted by molar-refractivity contribution is 6.04. The number of alkyl halides is 1. The van der Waals surface area contributed by atoms with Crippen molar-refractivity contribution in [3.05, 3.63) is 47.5 Å². The van der Waals surface area contributed by atoms with E-state index >= 15 is 0 Å². The Kier molecular flexibility index (Phi) is 4.72. The van der Waals surface area contributed by atoms with Gasteiger partial charge in [-0.15, -0.1) is 0 Å². The number of amides is 1. The third-order valence-electron chi connectivity index (χ3n) is 5.64. The van der Waals surface area contributed by atoms with E-state index in [9.17, 15) is 9.18 Å². The summed E-state index contributed by atoms with van der Waals surface area (Å²) in [6.45, 7) is 5.82. The monoisotopic (exact) mass is 397 g/mol. The molecule has 1 amide bonds. The van der Waals surface area contributed by atoms with Crippen molar-refractivity contribution in [1.82, 2.24) is 25.1 Å². The third-order valence-corrected chi connectivity index (χ3v) is 5.64. The quantitative estimate of drug-likeness (QED) is 0.691. The molecular formula is C21H24FN5O2. The SMILES string of the molecule is CNC(=O)c1nccc2nn(C(C)c3cnc(OCC4(F)C[C@@H]4C)c(C)c3)cc12. The molecule has 1 aliphatic carbocycles. The van der Waals surface area contributed by atoms with Crippen molar-refractivity contribution in [2.24, 2.45) is 5.92 Å². The molecule has 1 aliphatic rings. The van der Waals surface area contributed by atoms with Gasteiger partial charge in [0.15, 0.2) is 0 Å². The molecule has 8 heteroatoms. The maximum absolute atomic E-state index is 14.2. The summed E-state index contributed by atoms with van der Waals surface area (Å²) in [5, 5.41) is 7.88. The first-order chi connectivity index (χ1) is 13.8. The van der Waals surface area contributed by atoms with Gasteiger partial charge in [0.2, 0.25) is 5.88 Å². The van der Waals surface area contributed by atoms with E-state index in [0.717, 1.165) is 11.1 Å². The number of hydrogen-bond donors (Lipinski definition) is 1. The molecule has 0 aliphatic heterocycles. The average Bonchev–Trinajstić information content (AvgIpc) is 3.12. The Hall–Kier alpha value is -3.03. The summed E-state index contributed by atoms with van der Waals surface area (Å²) in [4.78, 5) is 20.6. The molecule has 2 unspecified atom stereocenters. The first-order valence-electron chi connectivity index (χ1n) is 9.66. The van der Waals surface area contributed by atoms with Crippen LogP contribution in [-0.4, -0.2) is 45.0 Å². The molecule has 3 aromatic heterocycles. The zero-order valence-electron chi connectivity index (χ0n) is 16.9. The van der Waals surface area contributed by atoms with Crippen LogP contribution in [0.2, 0.25) is 0 Å². The van der Waals surface area contributed by atoms with Crippen molar-refractivity contribution >= 4 is 16.8 Å². The Labute approximate surface area is 168 Å². The van der Waals surface area contributed by atoms with Crippen LogP contribution in [0.1, 0.15) is 47.9 Å². The summed E-state index contributed by atoms with van der Waals surface area (Å²) in [5.41, 5.74) is 1.60. The summed E-state index contributed by atoms with van der Waals surface area (Å²) < 4.78 is 21.6. The highest BCUT2D eigenvalue weighted by atomic mass is 19.1. The summed E-state index contributed by atoms with van der Waals surface area (Å²) in [6, 6.07) is 3.63. The molecule has 29 heavy (non-hydrogen) atoms. The standard InChI is InChI=1S/C21H24FN5O2/c1-12-7-15(9-25-20(12)29-11-21(22)8-13(21)2)14(3)27-10-16-17(26-27)5-6-24-18(16)19(28)23-4/h5-7,9-10,13-14H,8,11H2,1-4H3,(H,23,28)/t13-,14?,21?/m0/s1. The van der Waals surface area contributed by atoms with Crippen molar-refractivity contribution in [1.29, 1.82) is 0 Å². The van der Waals surface area contributed by atoms with Gasteiger partial charge in [0.1, 0.15) is 18.0 Å². The fraction of sp³-hybridized carbons (Fsp3) is 0.429. The number of halogens is 1. The molecule has 1 fully saturated rings. The van der Waals surface area contributed by atoms with Gasteiger partial charge < -0.3 is 10.1 Å². The highest BCUT2D eigenvalue weighted by Crippen LogP contribution is 2.47. The molecule has 152 valence electrons. The Morgan fingerprint density at radius 1 is 1.48 bits per heavy atom. The maximum atomic E-state index is 14.2. The second kappa shape index (κ2) is 7.09. The van der Waals surface area contributed by atoms with E-state index in [2.05, 4.69) is 20.4 Å². The zero-order chi connectivity index (χ0) is 20.8. The van der Waals surface area contributed by atoms with Gasteiger partial charge in [0.25, 0.3) is 5.91 Å². The molecule has 7 nitrogen and oxygen atoms in total. The van der Waals surface area contributed by atoms with Crippen LogP contribution in [-0.2, 0) is 0 Å². The van der Waals surface area contributed by atoms with Gasteiger partial charge in [-0.3, -0.25) is 14.5 Å². The van der Waals surface area contributed by atoms with E-state index in [-0.39, 0.29) is 24.5 Å². The molecule has 1 N–H and O–H groups in total. The lowest BCUT2D eigenvalue weighted by molar-refractivity contribution is 0.0960. The minimum Gasteiger partial charge on any atom is -0.474 e. The number of rotatable bonds is 6. The molecular weight excluding hydrogens is 373 g/mol. The van der Waals surface area contributed by atoms with Crippen molar-refractivity contribution in [2.75, 3.05) is 13.7 Å². The van der Waals surface area contributed by atoms with E-state index in [1.165, 1.54) is 0 Å².